The predicted molar refractivity (Wildman–Crippen MR) is 78.8 cm³/mol. The Bertz CT molecular complexity index is 723. The number of H-pyrrole nitrogens is 1. The summed E-state index contributed by atoms with van der Waals surface area (Å²) < 4.78 is 1.76. The van der Waals surface area contributed by atoms with Crippen LogP contribution in [0.15, 0.2) is 6.20 Å². The fourth-order valence-electron chi connectivity index (χ4n) is 2.05. The zero-order chi connectivity index (χ0) is 16.4. The van der Waals surface area contributed by atoms with Crippen LogP contribution in [-0.2, 0) is 6.54 Å². The smallest absolute Gasteiger partial charge is 0.358 e. The number of aromatic amines is 1. The van der Waals surface area contributed by atoms with Gasteiger partial charge in [-0.2, -0.15) is 5.10 Å². The van der Waals surface area contributed by atoms with Gasteiger partial charge in [-0.3, -0.25) is 9.48 Å². The summed E-state index contributed by atoms with van der Waals surface area (Å²) in [6, 6.07) is -0.334. The van der Waals surface area contributed by atoms with Crippen LogP contribution in [-0.4, -0.2) is 30.8 Å². The maximum absolute atomic E-state index is 12.1. The quantitative estimate of drug-likeness (QED) is 0.643. The van der Waals surface area contributed by atoms with Crippen LogP contribution in [0.3, 0.4) is 0 Å². The molecule has 2 rings (SSSR count). The van der Waals surface area contributed by atoms with Crippen LogP contribution in [0.5, 0.6) is 0 Å². The first kappa shape index (κ1) is 16.0. The molecule has 1 amide bonds. The Morgan fingerprint density at radius 2 is 2.32 bits per heavy atom. The maximum Gasteiger partial charge on any atom is 0.362 e. The fourth-order valence-corrected chi connectivity index (χ4v) is 2.29. The molecule has 0 saturated heterocycles. The van der Waals surface area contributed by atoms with Crippen molar-refractivity contribution in [1.82, 2.24) is 25.3 Å². The highest BCUT2D eigenvalue weighted by atomic mass is 35.5. The van der Waals surface area contributed by atoms with Gasteiger partial charge in [0.05, 0.1) is 11.7 Å². The summed E-state index contributed by atoms with van der Waals surface area (Å²) in [5, 5.41) is 23.1. The molecule has 0 aliphatic heterocycles. The summed E-state index contributed by atoms with van der Waals surface area (Å²) in [4.78, 5) is 22.1. The molecule has 0 radical (unpaired) electrons. The van der Waals surface area contributed by atoms with Crippen molar-refractivity contribution in [3.05, 3.63) is 38.3 Å². The number of hydrogen-bond acceptors (Lipinski definition) is 5. The number of carbonyl (C=O) groups excluding carboxylic acids is 1. The second kappa shape index (κ2) is 6.14. The third-order valence-electron chi connectivity index (χ3n) is 3.21. The molecule has 0 fully saturated rings. The number of nitrogens with one attached hydrogen (secondary N) is 2. The lowest BCUT2D eigenvalue weighted by molar-refractivity contribution is -0.389. The van der Waals surface area contributed by atoms with E-state index in [0.717, 1.165) is 17.8 Å². The average molecular weight is 327 g/mol. The van der Waals surface area contributed by atoms with Crippen molar-refractivity contribution < 1.29 is 9.72 Å². The number of aromatic nitrogens is 4. The van der Waals surface area contributed by atoms with Gasteiger partial charge in [-0.05, 0) is 25.7 Å². The van der Waals surface area contributed by atoms with Crippen molar-refractivity contribution in [3.8, 4) is 0 Å². The molecule has 0 spiro atoms. The first-order valence-corrected chi connectivity index (χ1v) is 6.96. The van der Waals surface area contributed by atoms with E-state index in [1.165, 1.54) is 0 Å². The zero-order valence-corrected chi connectivity index (χ0v) is 13.0. The molecular formula is C12H15ClN6O3. The fraction of sp³-hybridized carbons (Fsp3) is 0.417. The highest BCUT2D eigenvalue weighted by molar-refractivity contribution is 6.35. The molecule has 2 aromatic heterocycles. The summed E-state index contributed by atoms with van der Waals surface area (Å²) in [6.07, 6.45) is 1.84. The summed E-state index contributed by atoms with van der Waals surface area (Å²) >= 11 is 5.79. The molecule has 1 atom stereocenters. The van der Waals surface area contributed by atoms with Crippen molar-refractivity contribution >= 4 is 23.3 Å². The number of amides is 1. The monoisotopic (exact) mass is 326 g/mol. The predicted octanol–water partition coefficient (Wildman–Crippen LogP) is 1.99. The van der Waals surface area contributed by atoms with Gasteiger partial charge in [-0.15, -0.1) is 5.10 Å². The van der Waals surface area contributed by atoms with Crippen LogP contribution in [0.1, 0.15) is 41.6 Å². The van der Waals surface area contributed by atoms with E-state index >= 15 is 0 Å². The second-order valence-corrected chi connectivity index (χ2v) is 5.09. The number of rotatable bonds is 5. The van der Waals surface area contributed by atoms with Gasteiger partial charge in [0.15, 0.2) is 10.7 Å². The van der Waals surface area contributed by atoms with Crippen LogP contribution in [0.25, 0.3) is 0 Å². The van der Waals surface area contributed by atoms with Gasteiger partial charge in [0.2, 0.25) is 0 Å². The van der Waals surface area contributed by atoms with Crippen LogP contribution >= 0.6 is 11.6 Å². The summed E-state index contributed by atoms with van der Waals surface area (Å²) in [6.45, 7) is 6.31. The normalized spacial score (nSPS) is 12.2. The SMILES string of the molecule is CCn1cc([C@@H](C)NC(=O)c2n[nH]c([N+](=O)[O-])c2Cl)c(C)n1. The Kier molecular flexibility index (Phi) is 4.45. The number of carbonyl (C=O) groups is 1. The van der Waals surface area contributed by atoms with E-state index in [9.17, 15) is 14.9 Å². The van der Waals surface area contributed by atoms with E-state index < -0.39 is 16.6 Å². The number of halogens is 1. The molecule has 0 unspecified atom stereocenters. The lowest BCUT2D eigenvalue weighted by Crippen LogP contribution is -2.27. The van der Waals surface area contributed by atoms with Crippen LogP contribution in [0.2, 0.25) is 5.02 Å². The van der Waals surface area contributed by atoms with Gasteiger partial charge < -0.3 is 15.4 Å². The van der Waals surface area contributed by atoms with E-state index in [-0.39, 0.29) is 16.8 Å². The third kappa shape index (κ3) is 2.93. The molecule has 9 nitrogen and oxygen atoms in total. The van der Waals surface area contributed by atoms with Crippen molar-refractivity contribution in [3.63, 3.8) is 0 Å². The molecular weight excluding hydrogens is 312 g/mol. The van der Waals surface area contributed by atoms with Crippen molar-refractivity contribution in [2.45, 2.75) is 33.4 Å². The molecule has 0 bridgehead atoms. The molecule has 0 aromatic carbocycles. The van der Waals surface area contributed by atoms with E-state index in [1.807, 2.05) is 20.0 Å². The Labute approximate surface area is 130 Å². The Balaban J connectivity index is 2.17. The number of hydrogen-bond donors (Lipinski definition) is 2. The highest BCUT2D eigenvalue weighted by Gasteiger charge is 2.26. The third-order valence-corrected chi connectivity index (χ3v) is 3.57. The van der Waals surface area contributed by atoms with Crippen LogP contribution in [0.4, 0.5) is 5.82 Å². The summed E-state index contributed by atoms with van der Waals surface area (Å²) in [7, 11) is 0. The van der Waals surface area contributed by atoms with Crippen molar-refractivity contribution in [2.24, 2.45) is 0 Å². The minimum Gasteiger partial charge on any atom is -0.358 e. The zero-order valence-electron chi connectivity index (χ0n) is 12.3. The van der Waals surface area contributed by atoms with Crippen LogP contribution < -0.4 is 5.32 Å². The molecule has 0 aliphatic carbocycles. The lowest BCUT2D eigenvalue weighted by atomic mass is 10.1. The van der Waals surface area contributed by atoms with E-state index in [0.29, 0.717) is 0 Å². The Morgan fingerprint density at radius 3 is 2.82 bits per heavy atom. The maximum atomic E-state index is 12.1. The van der Waals surface area contributed by atoms with E-state index in [1.54, 1.807) is 11.6 Å². The molecule has 22 heavy (non-hydrogen) atoms. The van der Waals surface area contributed by atoms with E-state index in [4.69, 9.17) is 11.6 Å². The van der Waals surface area contributed by atoms with Crippen LogP contribution in [0, 0.1) is 17.0 Å². The first-order chi connectivity index (χ1) is 10.3. The summed E-state index contributed by atoms with van der Waals surface area (Å²) in [5.74, 6) is -1.10. The molecule has 2 N–H and O–H groups in total. The van der Waals surface area contributed by atoms with Gasteiger partial charge >= 0.3 is 5.82 Å². The molecule has 118 valence electrons. The Hall–Kier alpha value is -2.42. The largest absolute Gasteiger partial charge is 0.362 e. The van der Waals surface area contributed by atoms with Crippen molar-refractivity contribution in [2.75, 3.05) is 0 Å². The highest BCUT2D eigenvalue weighted by Crippen LogP contribution is 2.25. The first-order valence-electron chi connectivity index (χ1n) is 6.58. The minimum atomic E-state index is -0.731. The van der Waals surface area contributed by atoms with Gasteiger partial charge in [0.25, 0.3) is 5.91 Å². The molecule has 0 saturated carbocycles. The lowest BCUT2D eigenvalue weighted by Gasteiger charge is -2.11. The Morgan fingerprint density at radius 1 is 1.64 bits per heavy atom. The van der Waals surface area contributed by atoms with E-state index in [2.05, 4.69) is 20.6 Å². The number of aryl methyl sites for hydroxylation is 2. The number of nitro groups is 1. The van der Waals surface area contributed by atoms with Gasteiger partial charge in [-0.1, -0.05) is 16.7 Å². The second-order valence-electron chi connectivity index (χ2n) is 4.71. The molecule has 10 heteroatoms. The molecule has 2 heterocycles. The van der Waals surface area contributed by atoms with Gasteiger partial charge in [-0.25, -0.2) is 0 Å². The standard InChI is InChI=1S/C12H15ClN6O3/c1-4-18-5-8(7(3)17-18)6(2)14-12(20)10-9(13)11(16-15-10)19(21)22/h5-6H,4H2,1-3H3,(H,14,20)(H,15,16)/t6-/m1/s1. The molecule has 2 aromatic rings. The van der Waals surface area contributed by atoms with Gasteiger partial charge in [0.1, 0.15) is 0 Å². The topological polar surface area (TPSA) is 119 Å². The molecule has 0 aliphatic rings. The van der Waals surface area contributed by atoms with Gasteiger partial charge in [0, 0.05) is 18.3 Å². The minimum absolute atomic E-state index is 0.208. The van der Waals surface area contributed by atoms with Crippen molar-refractivity contribution in [1.29, 1.82) is 0 Å². The summed E-state index contributed by atoms with van der Waals surface area (Å²) in [5.41, 5.74) is 1.45. The average Bonchev–Trinajstić information content (AvgIpc) is 3.01. The number of nitrogens with zero attached hydrogens (tertiary/aromatic N) is 4.